The van der Waals surface area contributed by atoms with Crippen molar-refractivity contribution >= 4 is 46.6 Å². The van der Waals surface area contributed by atoms with Gasteiger partial charge in [0, 0.05) is 22.8 Å². The number of carbonyl (C=O) groups excluding carboxylic acids is 2. The van der Waals surface area contributed by atoms with Gasteiger partial charge in [-0.25, -0.2) is 0 Å². The molecule has 3 aromatic rings. The van der Waals surface area contributed by atoms with Crippen molar-refractivity contribution in [3.8, 4) is 0 Å². The lowest BCUT2D eigenvalue weighted by atomic mass is 9.92. The molecule has 2 heterocycles. The molecule has 2 aromatic carbocycles. The summed E-state index contributed by atoms with van der Waals surface area (Å²) in [5, 5.41) is 8.91. The summed E-state index contributed by atoms with van der Waals surface area (Å²) in [4.78, 5) is 44.8. The van der Waals surface area contributed by atoms with Crippen molar-refractivity contribution in [2.45, 2.75) is 19.3 Å². The van der Waals surface area contributed by atoms with E-state index in [1.807, 2.05) is 19.1 Å². The van der Waals surface area contributed by atoms with Crippen LogP contribution < -0.4 is 21.5 Å². The lowest BCUT2D eigenvalue weighted by molar-refractivity contribution is -0.123. The molecule has 1 aliphatic heterocycles. The monoisotopic (exact) mass is 423 g/mol. The lowest BCUT2D eigenvalue weighted by Crippen LogP contribution is -2.36. The number of aromatic amines is 1. The molecule has 0 aliphatic carbocycles. The Morgan fingerprint density at radius 3 is 2.60 bits per heavy atom. The molecule has 4 N–H and O–H groups in total. The van der Waals surface area contributed by atoms with Crippen LogP contribution in [0.5, 0.6) is 0 Å². The fourth-order valence-electron chi connectivity index (χ4n) is 3.26. The van der Waals surface area contributed by atoms with E-state index in [0.717, 1.165) is 5.56 Å². The first kappa shape index (κ1) is 19.7. The molecule has 9 heteroatoms. The highest BCUT2D eigenvalue weighted by molar-refractivity contribution is 6.30. The smallest absolute Gasteiger partial charge is 0.258 e. The summed E-state index contributed by atoms with van der Waals surface area (Å²) in [6.45, 7) is 1.86. The third kappa shape index (κ3) is 4.04. The molecule has 30 heavy (non-hydrogen) atoms. The van der Waals surface area contributed by atoms with Gasteiger partial charge >= 0.3 is 0 Å². The SMILES string of the molecule is Cc1ccccc1NC(=O)[C@@H]1CC(=O)Nc2nc(Nc3ccc(Cl)cc3)[nH]c(=O)c21. The second-order valence-electron chi connectivity index (χ2n) is 6.92. The van der Waals surface area contributed by atoms with E-state index in [4.69, 9.17) is 11.6 Å². The molecule has 0 fully saturated rings. The number of anilines is 4. The first-order valence-corrected chi connectivity index (χ1v) is 9.61. The zero-order valence-corrected chi connectivity index (χ0v) is 16.7. The molecule has 0 unspecified atom stereocenters. The van der Waals surface area contributed by atoms with E-state index in [2.05, 4.69) is 25.9 Å². The molecule has 1 aromatic heterocycles. The fraction of sp³-hybridized carbons (Fsp3) is 0.143. The van der Waals surface area contributed by atoms with E-state index in [1.165, 1.54) is 0 Å². The number of hydrogen-bond donors (Lipinski definition) is 4. The highest BCUT2D eigenvalue weighted by atomic mass is 35.5. The topological polar surface area (TPSA) is 116 Å². The van der Waals surface area contributed by atoms with Gasteiger partial charge in [-0.1, -0.05) is 29.8 Å². The Kier molecular flexibility index (Phi) is 5.24. The van der Waals surface area contributed by atoms with Gasteiger partial charge in [0.1, 0.15) is 5.82 Å². The molecule has 1 aliphatic rings. The molecule has 0 spiro atoms. The zero-order chi connectivity index (χ0) is 21.3. The average Bonchev–Trinajstić information content (AvgIpc) is 2.70. The van der Waals surface area contributed by atoms with E-state index >= 15 is 0 Å². The number of hydrogen-bond acceptors (Lipinski definition) is 5. The maximum absolute atomic E-state index is 12.9. The normalized spacial score (nSPS) is 15.1. The minimum absolute atomic E-state index is 0.0661. The average molecular weight is 424 g/mol. The Bertz CT molecular complexity index is 1190. The number of aryl methyl sites for hydroxylation is 1. The van der Waals surface area contributed by atoms with Gasteiger partial charge in [-0.15, -0.1) is 0 Å². The van der Waals surface area contributed by atoms with Gasteiger partial charge in [-0.05, 0) is 42.8 Å². The summed E-state index contributed by atoms with van der Waals surface area (Å²) in [6.07, 6.45) is -0.139. The first-order valence-electron chi connectivity index (χ1n) is 9.24. The minimum atomic E-state index is -0.950. The predicted molar refractivity (Wildman–Crippen MR) is 115 cm³/mol. The summed E-state index contributed by atoms with van der Waals surface area (Å²) in [5.41, 5.74) is 1.78. The third-order valence-electron chi connectivity index (χ3n) is 4.78. The van der Waals surface area contributed by atoms with Crippen molar-refractivity contribution in [1.82, 2.24) is 9.97 Å². The highest BCUT2D eigenvalue weighted by Gasteiger charge is 2.34. The number of amides is 2. The van der Waals surface area contributed by atoms with Crippen LogP contribution in [0.3, 0.4) is 0 Å². The number of carbonyl (C=O) groups is 2. The molecule has 152 valence electrons. The molecule has 0 radical (unpaired) electrons. The lowest BCUT2D eigenvalue weighted by Gasteiger charge is -2.24. The van der Waals surface area contributed by atoms with Crippen LogP contribution in [0.1, 0.15) is 23.5 Å². The van der Waals surface area contributed by atoms with E-state index in [0.29, 0.717) is 16.4 Å². The second-order valence-corrected chi connectivity index (χ2v) is 7.35. The number of para-hydroxylation sites is 1. The molecule has 0 saturated carbocycles. The van der Waals surface area contributed by atoms with Crippen LogP contribution in [0.4, 0.5) is 23.1 Å². The number of halogens is 1. The largest absolute Gasteiger partial charge is 0.326 e. The Morgan fingerprint density at radius 2 is 1.87 bits per heavy atom. The van der Waals surface area contributed by atoms with Crippen molar-refractivity contribution in [2.24, 2.45) is 0 Å². The number of fused-ring (bicyclic) bond motifs is 1. The molecule has 0 bridgehead atoms. The summed E-state index contributed by atoms with van der Waals surface area (Å²) in [7, 11) is 0. The summed E-state index contributed by atoms with van der Waals surface area (Å²) in [6, 6.07) is 14.1. The van der Waals surface area contributed by atoms with E-state index in [9.17, 15) is 14.4 Å². The van der Waals surface area contributed by atoms with E-state index in [1.54, 1.807) is 36.4 Å². The van der Waals surface area contributed by atoms with Crippen LogP contribution in [0.2, 0.25) is 5.02 Å². The molecule has 0 saturated heterocycles. The van der Waals surface area contributed by atoms with Crippen molar-refractivity contribution < 1.29 is 9.59 Å². The van der Waals surface area contributed by atoms with Crippen LogP contribution in [0, 0.1) is 6.92 Å². The van der Waals surface area contributed by atoms with Crippen molar-refractivity contribution in [3.63, 3.8) is 0 Å². The summed E-state index contributed by atoms with van der Waals surface area (Å²) >= 11 is 5.88. The van der Waals surface area contributed by atoms with Crippen LogP contribution in [-0.4, -0.2) is 21.8 Å². The van der Waals surface area contributed by atoms with Gasteiger partial charge in [0.2, 0.25) is 17.8 Å². The zero-order valence-electron chi connectivity index (χ0n) is 16.0. The summed E-state index contributed by atoms with van der Waals surface area (Å²) in [5.74, 6) is -1.57. The highest BCUT2D eigenvalue weighted by Crippen LogP contribution is 2.30. The molecule has 8 nitrogen and oxygen atoms in total. The van der Waals surface area contributed by atoms with Crippen LogP contribution in [0.25, 0.3) is 0 Å². The van der Waals surface area contributed by atoms with Crippen molar-refractivity contribution in [1.29, 1.82) is 0 Å². The Labute approximate surface area is 176 Å². The van der Waals surface area contributed by atoms with Crippen LogP contribution in [0.15, 0.2) is 53.3 Å². The molecular weight excluding hydrogens is 406 g/mol. The number of benzene rings is 2. The Morgan fingerprint density at radius 1 is 1.13 bits per heavy atom. The maximum atomic E-state index is 12.9. The quantitative estimate of drug-likeness (QED) is 0.512. The number of H-pyrrole nitrogens is 1. The molecule has 1 atom stereocenters. The van der Waals surface area contributed by atoms with Gasteiger partial charge in [-0.2, -0.15) is 4.98 Å². The molecule has 2 amide bonds. The third-order valence-corrected chi connectivity index (χ3v) is 5.03. The van der Waals surface area contributed by atoms with Gasteiger partial charge in [0.15, 0.2) is 0 Å². The van der Waals surface area contributed by atoms with Crippen molar-refractivity contribution in [3.05, 3.63) is 75.0 Å². The number of rotatable bonds is 4. The van der Waals surface area contributed by atoms with Crippen LogP contribution >= 0.6 is 11.6 Å². The van der Waals surface area contributed by atoms with Gasteiger partial charge < -0.3 is 16.0 Å². The van der Waals surface area contributed by atoms with Gasteiger partial charge in [0.25, 0.3) is 5.56 Å². The minimum Gasteiger partial charge on any atom is -0.326 e. The standard InChI is InChI=1S/C21H18ClN5O3/c1-11-4-2-3-5-15(11)24-19(29)14-10-16(28)25-18-17(14)20(30)27-21(26-18)23-13-8-6-12(22)7-9-13/h2-9,14H,10H2,1H3,(H,24,29)(H3,23,25,26,27,28,30)/t14-/m1/s1. The Hall–Kier alpha value is -3.65. The Balaban J connectivity index is 1.64. The predicted octanol–water partition coefficient (Wildman–Crippen LogP) is 3.54. The van der Waals surface area contributed by atoms with Gasteiger partial charge in [0.05, 0.1) is 11.5 Å². The van der Waals surface area contributed by atoms with Crippen LogP contribution in [-0.2, 0) is 9.59 Å². The first-order chi connectivity index (χ1) is 14.4. The molecule has 4 rings (SSSR count). The summed E-state index contributed by atoms with van der Waals surface area (Å²) < 4.78 is 0. The maximum Gasteiger partial charge on any atom is 0.258 e. The van der Waals surface area contributed by atoms with Crippen molar-refractivity contribution in [2.75, 3.05) is 16.0 Å². The fourth-order valence-corrected chi connectivity index (χ4v) is 3.38. The second kappa shape index (κ2) is 8.00. The number of nitrogens with one attached hydrogen (secondary N) is 4. The molecular formula is C21H18ClN5O3. The van der Waals surface area contributed by atoms with E-state index in [-0.39, 0.29) is 29.7 Å². The van der Waals surface area contributed by atoms with Gasteiger partial charge in [-0.3, -0.25) is 19.4 Å². The number of nitrogens with zero attached hydrogens (tertiary/aromatic N) is 1. The van der Waals surface area contributed by atoms with E-state index < -0.39 is 17.4 Å². The number of aromatic nitrogens is 2.